The number of aryl methyl sites for hydroxylation is 1. The average molecular weight is 400 g/mol. The molecule has 0 fully saturated rings. The van der Waals surface area contributed by atoms with Crippen molar-refractivity contribution in [1.82, 2.24) is 24.5 Å². The Hall–Kier alpha value is -2.89. The molecule has 27 heavy (non-hydrogen) atoms. The molecule has 0 aliphatic heterocycles. The second kappa shape index (κ2) is 7.02. The third kappa shape index (κ3) is 3.79. The first kappa shape index (κ1) is 18.9. The number of anilines is 1. The quantitative estimate of drug-likeness (QED) is 0.686. The Labute approximate surface area is 152 Å². The van der Waals surface area contributed by atoms with Crippen molar-refractivity contribution in [2.24, 2.45) is 0 Å². The van der Waals surface area contributed by atoms with E-state index in [1.54, 1.807) is 18.2 Å². The summed E-state index contributed by atoms with van der Waals surface area (Å²) in [6.07, 6.45) is 1.23. The van der Waals surface area contributed by atoms with Crippen molar-refractivity contribution < 1.29 is 21.6 Å². The van der Waals surface area contributed by atoms with E-state index in [-0.39, 0.29) is 28.8 Å². The summed E-state index contributed by atoms with van der Waals surface area (Å²) in [5, 5.41) is 7.48. The predicted octanol–water partition coefficient (Wildman–Crippen LogP) is 2.47. The molecule has 0 aliphatic rings. The minimum atomic E-state index is -4.23. The van der Waals surface area contributed by atoms with Crippen LogP contribution in [0.5, 0.6) is 0 Å². The highest BCUT2D eigenvalue weighted by Gasteiger charge is 2.28. The van der Waals surface area contributed by atoms with Gasteiger partial charge in [0.15, 0.2) is 0 Å². The third-order valence-corrected chi connectivity index (χ3v) is 5.34. The highest BCUT2D eigenvalue weighted by molar-refractivity contribution is 7.92. The summed E-state index contributed by atoms with van der Waals surface area (Å²) >= 11 is 0. The molecule has 0 amide bonds. The lowest BCUT2D eigenvalue weighted by atomic mass is 10.2. The predicted molar refractivity (Wildman–Crippen MR) is 89.3 cm³/mol. The van der Waals surface area contributed by atoms with Gasteiger partial charge in [0.2, 0.25) is 0 Å². The van der Waals surface area contributed by atoms with E-state index >= 15 is 0 Å². The summed E-state index contributed by atoms with van der Waals surface area (Å²) in [6.45, 7) is -0.385. The van der Waals surface area contributed by atoms with Crippen LogP contribution in [0.25, 0.3) is 0 Å². The van der Waals surface area contributed by atoms with Gasteiger partial charge in [0, 0.05) is 5.56 Å². The summed E-state index contributed by atoms with van der Waals surface area (Å²) in [6, 6.07) is 6.06. The molecule has 2 heterocycles. The molecule has 0 bridgehead atoms. The number of benzene rings is 1. The second-order valence-corrected chi connectivity index (χ2v) is 7.30. The Bertz CT molecular complexity index is 1080. The molecule has 0 saturated carbocycles. The lowest BCUT2D eigenvalue weighted by Gasteiger charge is -2.06. The molecule has 0 saturated heterocycles. The van der Waals surface area contributed by atoms with Crippen LogP contribution in [0.15, 0.2) is 35.5 Å². The molecule has 0 radical (unpaired) electrons. The summed E-state index contributed by atoms with van der Waals surface area (Å²) in [5.41, 5.74) is 0.0635. The number of aromatic nitrogens is 5. The first-order chi connectivity index (χ1) is 12.7. The lowest BCUT2D eigenvalue weighted by molar-refractivity contribution is 0.0538. The molecular weight excluding hydrogens is 385 g/mol. The average Bonchev–Trinajstić information content (AvgIpc) is 3.13. The second-order valence-electron chi connectivity index (χ2n) is 5.68. The van der Waals surface area contributed by atoms with Crippen molar-refractivity contribution in [2.45, 2.75) is 31.8 Å². The Balaban J connectivity index is 1.84. The van der Waals surface area contributed by atoms with Crippen molar-refractivity contribution >= 4 is 16.0 Å². The standard InChI is InChI=1S/C15H15F3N6O2S/c1-9-13(10(2)24(20-9)14(17)18)27(25,26)22-15-19-8-23(21-15)7-11-5-3-4-6-12(11)16/h3-6,8,14H,7H2,1-2H3,(H,21,22). The zero-order chi connectivity index (χ0) is 19.8. The van der Waals surface area contributed by atoms with Crippen LogP contribution in [0, 0.1) is 19.7 Å². The van der Waals surface area contributed by atoms with Crippen molar-refractivity contribution in [3.8, 4) is 0 Å². The van der Waals surface area contributed by atoms with E-state index in [4.69, 9.17) is 0 Å². The number of sulfonamides is 1. The summed E-state index contributed by atoms with van der Waals surface area (Å²) < 4.78 is 68.3. The fraction of sp³-hybridized carbons (Fsp3) is 0.267. The van der Waals surface area contributed by atoms with Crippen LogP contribution in [0.4, 0.5) is 19.1 Å². The summed E-state index contributed by atoms with van der Waals surface area (Å²) in [4.78, 5) is 3.45. The van der Waals surface area contributed by atoms with Crippen LogP contribution in [0.3, 0.4) is 0 Å². The zero-order valence-corrected chi connectivity index (χ0v) is 15.1. The first-order valence-corrected chi connectivity index (χ1v) is 9.17. The molecule has 12 heteroatoms. The molecule has 0 spiro atoms. The molecule has 3 aromatic rings. The lowest BCUT2D eigenvalue weighted by Crippen LogP contribution is -2.16. The van der Waals surface area contributed by atoms with Crippen LogP contribution in [0.1, 0.15) is 23.5 Å². The van der Waals surface area contributed by atoms with Gasteiger partial charge >= 0.3 is 6.55 Å². The number of rotatable bonds is 6. The SMILES string of the molecule is Cc1nn(C(F)F)c(C)c1S(=O)(=O)Nc1ncn(Cc2ccccc2F)n1. The normalized spacial score (nSPS) is 11.9. The Kier molecular flexibility index (Phi) is 4.91. The molecule has 1 N–H and O–H groups in total. The van der Waals surface area contributed by atoms with Crippen LogP contribution >= 0.6 is 0 Å². The van der Waals surface area contributed by atoms with E-state index in [2.05, 4.69) is 19.9 Å². The minimum absolute atomic E-state index is 0.0444. The van der Waals surface area contributed by atoms with Crippen LogP contribution in [-0.2, 0) is 16.6 Å². The van der Waals surface area contributed by atoms with Gasteiger partial charge < -0.3 is 0 Å². The van der Waals surface area contributed by atoms with Gasteiger partial charge in [-0.2, -0.15) is 18.9 Å². The molecule has 3 rings (SSSR count). The minimum Gasteiger partial charge on any atom is -0.246 e. The van der Waals surface area contributed by atoms with E-state index in [1.165, 1.54) is 30.9 Å². The van der Waals surface area contributed by atoms with E-state index in [1.807, 2.05) is 0 Å². The molecule has 0 aliphatic carbocycles. The smallest absolute Gasteiger partial charge is 0.246 e. The Morgan fingerprint density at radius 2 is 1.89 bits per heavy atom. The number of nitrogens with one attached hydrogen (secondary N) is 1. The van der Waals surface area contributed by atoms with Crippen molar-refractivity contribution in [2.75, 3.05) is 4.72 Å². The van der Waals surface area contributed by atoms with Gasteiger partial charge in [0.25, 0.3) is 16.0 Å². The maximum Gasteiger partial charge on any atom is 0.333 e. The number of hydrogen-bond donors (Lipinski definition) is 1. The number of alkyl halides is 2. The van der Waals surface area contributed by atoms with Gasteiger partial charge in [-0.1, -0.05) is 18.2 Å². The van der Waals surface area contributed by atoms with Crippen LogP contribution in [-0.4, -0.2) is 33.0 Å². The fourth-order valence-electron chi connectivity index (χ4n) is 2.62. The molecule has 1 aromatic carbocycles. The maximum absolute atomic E-state index is 13.7. The molecule has 0 unspecified atom stereocenters. The molecule has 8 nitrogen and oxygen atoms in total. The maximum atomic E-state index is 13.7. The van der Waals surface area contributed by atoms with Crippen molar-refractivity contribution in [3.05, 3.63) is 53.4 Å². The van der Waals surface area contributed by atoms with Gasteiger partial charge in [0.1, 0.15) is 17.0 Å². The van der Waals surface area contributed by atoms with Crippen LogP contribution in [0.2, 0.25) is 0 Å². The van der Waals surface area contributed by atoms with Crippen LogP contribution < -0.4 is 4.72 Å². The van der Waals surface area contributed by atoms with Gasteiger partial charge in [-0.05, 0) is 19.9 Å². The Morgan fingerprint density at radius 3 is 2.52 bits per heavy atom. The molecular formula is C15H15F3N6O2S. The number of hydrogen-bond acceptors (Lipinski definition) is 5. The monoisotopic (exact) mass is 400 g/mol. The van der Waals surface area contributed by atoms with E-state index in [0.29, 0.717) is 10.2 Å². The van der Waals surface area contributed by atoms with Gasteiger partial charge in [0.05, 0.1) is 17.9 Å². The van der Waals surface area contributed by atoms with Gasteiger partial charge in [-0.15, -0.1) is 5.10 Å². The van der Waals surface area contributed by atoms with Gasteiger partial charge in [-0.3, -0.25) is 0 Å². The number of halogens is 3. The summed E-state index contributed by atoms with van der Waals surface area (Å²) in [7, 11) is -4.23. The zero-order valence-electron chi connectivity index (χ0n) is 14.3. The topological polar surface area (TPSA) is 94.7 Å². The van der Waals surface area contributed by atoms with Crippen molar-refractivity contribution in [3.63, 3.8) is 0 Å². The first-order valence-electron chi connectivity index (χ1n) is 7.68. The molecule has 2 aromatic heterocycles. The van der Waals surface area contributed by atoms with E-state index < -0.39 is 22.4 Å². The summed E-state index contributed by atoms with van der Waals surface area (Å²) in [5.74, 6) is -0.698. The third-order valence-electron chi connectivity index (χ3n) is 3.76. The largest absolute Gasteiger partial charge is 0.333 e. The van der Waals surface area contributed by atoms with E-state index in [9.17, 15) is 21.6 Å². The Morgan fingerprint density at radius 1 is 1.19 bits per heavy atom. The molecule has 144 valence electrons. The van der Waals surface area contributed by atoms with Gasteiger partial charge in [-0.25, -0.2) is 26.9 Å². The molecule has 0 atom stereocenters. The van der Waals surface area contributed by atoms with E-state index in [0.717, 1.165) is 0 Å². The highest BCUT2D eigenvalue weighted by Crippen LogP contribution is 2.24. The fourth-order valence-corrected chi connectivity index (χ4v) is 3.96. The number of nitrogens with zero attached hydrogens (tertiary/aromatic N) is 5. The highest BCUT2D eigenvalue weighted by atomic mass is 32.2. The van der Waals surface area contributed by atoms with Crippen molar-refractivity contribution in [1.29, 1.82) is 0 Å².